The van der Waals surface area contributed by atoms with Crippen LogP contribution in [0.3, 0.4) is 0 Å². The SMILES string of the molecule is COCCN(C)Cc1ccccc1C(F)(F)F. The van der Waals surface area contributed by atoms with Gasteiger partial charge in [-0.25, -0.2) is 0 Å². The summed E-state index contributed by atoms with van der Waals surface area (Å²) in [7, 11) is 3.34. The van der Waals surface area contributed by atoms with E-state index in [4.69, 9.17) is 4.74 Å². The van der Waals surface area contributed by atoms with E-state index in [2.05, 4.69) is 0 Å². The van der Waals surface area contributed by atoms with Gasteiger partial charge in [-0.15, -0.1) is 0 Å². The van der Waals surface area contributed by atoms with Gasteiger partial charge in [-0.1, -0.05) is 18.2 Å². The van der Waals surface area contributed by atoms with Crippen LogP contribution in [-0.2, 0) is 17.5 Å². The van der Waals surface area contributed by atoms with Crippen LogP contribution in [0, 0.1) is 0 Å². The fraction of sp³-hybridized carbons (Fsp3) is 0.500. The summed E-state index contributed by atoms with van der Waals surface area (Å²) in [6, 6.07) is 5.64. The number of alkyl halides is 3. The quantitative estimate of drug-likeness (QED) is 0.793. The van der Waals surface area contributed by atoms with Gasteiger partial charge in [0.05, 0.1) is 12.2 Å². The van der Waals surface area contributed by atoms with Gasteiger partial charge in [0.15, 0.2) is 0 Å². The Morgan fingerprint density at radius 2 is 1.88 bits per heavy atom. The van der Waals surface area contributed by atoms with E-state index in [0.717, 1.165) is 6.07 Å². The molecule has 0 atom stereocenters. The van der Waals surface area contributed by atoms with Crippen LogP contribution < -0.4 is 0 Å². The molecule has 1 aromatic carbocycles. The highest BCUT2D eigenvalue weighted by atomic mass is 19.4. The van der Waals surface area contributed by atoms with E-state index in [1.807, 2.05) is 0 Å². The fourth-order valence-electron chi connectivity index (χ4n) is 1.55. The van der Waals surface area contributed by atoms with Crippen molar-refractivity contribution in [2.24, 2.45) is 0 Å². The Morgan fingerprint density at radius 3 is 2.47 bits per heavy atom. The second kappa shape index (κ2) is 6.02. The Hall–Kier alpha value is -1.07. The molecule has 5 heteroatoms. The van der Waals surface area contributed by atoms with E-state index < -0.39 is 11.7 Å². The summed E-state index contributed by atoms with van der Waals surface area (Å²) in [5.74, 6) is 0. The van der Waals surface area contributed by atoms with Crippen molar-refractivity contribution in [3.8, 4) is 0 Å². The maximum absolute atomic E-state index is 12.7. The Morgan fingerprint density at radius 1 is 1.24 bits per heavy atom. The van der Waals surface area contributed by atoms with Crippen LogP contribution >= 0.6 is 0 Å². The van der Waals surface area contributed by atoms with Crippen LogP contribution in [0.5, 0.6) is 0 Å². The Labute approximate surface area is 99.0 Å². The summed E-state index contributed by atoms with van der Waals surface area (Å²) in [5, 5.41) is 0. The predicted molar refractivity (Wildman–Crippen MR) is 59.7 cm³/mol. The average molecular weight is 247 g/mol. The Balaban J connectivity index is 2.77. The number of hydrogen-bond donors (Lipinski definition) is 0. The molecule has 96 valence electrons. The first-order valence-corrected chi connectivity index (χ1v) is 5.27. The van der Waals surface area contributed by atoms with Crippen molar-refractivity contribution in [2.75, 3.05) is 27.3 Å². The number of likely N-dealkylation sites (N-methyl/N-ethyl adjacent to an activating group) is 1. The van der Waals surface area contributed by atoms with Crippen molar-refractivity contribution in [2.45, 2.75) is 12.7 Å². The lowest BCUT2D eigenvalue weighted by molar-refractivity contribution is -0.138. The van der Waals surface area contributed by atoms with Gasteiger partial charge in [0.25, 0.3) is 0 Å². The standard InChI is InChI=1S/C12H16F3NO/c1-16(7-8-17-2)9-10-5-3-4-6-11(10)12(13,14)15/h3-6H,7-9H2,1-2H3. The molecule has 0 N–H and O–H groups in total. The molecule has 0 unspecified atom stereocenters. The highest BCUT2D eigenvalue weighted by Crippen LogP contribution is 2.32. The molecule has 0 heterocycles. The van der Waals surface area contributed by atoms with E-state index in [1.165, 1.54) is 12.1 Å². The van der Waals surface area contributed by atoms with Crippen molar-refractivity contribution < 1.29 is 17.9 Å². The third kappa shape index (κ3) is 4.36. The number of methoxy groups -OCH3 is 1. The average Bonchev–Trinajstić information content (AvgIpc) is 2.25. The first-order chi connectivity index (χ1) is 7.95. The molecule has 0 amide bonds. The predicted octanol–water partition coefficient (Wildman–Crippen LogP) is 2.78. The molecule has 0 saturated heterocycles. The van der Waals surface area contributed by atoms with Gasteiger partial charge in [-0.2, -0.15) is 13.2 Å². The molecular weight excluding hydrogens is 231 g/mol. The van der Waals surface area contributed by atoms with E-state index in [-0.39, 0.29) is 6.54 Å². The van der Waals surface area contributed by atoms with E-state index in [1.54, 1.807) is 25.1 Å². The maximum Gasteiger partial charge on any atom is 0.416 e. The zero-order chi connectivity index (χ0) is 12.9. The lowest BCUT2D eigenvalue weighted by Crippen LogP contribution is -2.24. The van der Waals surface area contributed by atoms with Gasteiger partial charge in [-0.3, -0.25) is 4.90 Å². The molecule has 0 aliphatic rings. The van der Waals surface area contributed by atoms with E-state index in [9.17, 15) is 13.2 Å². The number of ether oxygens (including phenoxy) is 1. The van der Waals surface area contributed by atoms with Gasteiger partial charge in [-0.05, 0) is 18.7 Å². The van der Waals surface area contributed by atoms with Crippen molar-refractivity contribution >= 4 is 0 Å². The van der Waals surface area contributed by atoms with Crippen LogP contribution in [0.1, 0.15) is 11.1 Å². The second-order valence-electron chi connectivity index (χ2n) is 3.89. The second-order valence-corrected chi connectivity index (χ2v) is 3.89. The topological polar surface area (TPSA) is 12.5 Å². The number of rotatable bonds is 5. The molecule has 0 saturated carbocycles. The summed E-state index contributed by atoms with van der Waals surface area (Å²) in [6.07, 6.45) is -4.29. The third-order valence-electron chi connectivity index (χ3n) is 2.44. The lowest BCUT2D eigenvalue weighted by atomic mass is 10.1. The van der Waals surface area contributed by atoms with E-state index >= 15 is 0 Å². The van der Waals surface area contributed by atoms with Gasteiger partial charge in [0, 0.05) is 20.2 Å². The number of hydrogen-bond acceptors (Lipinski definition) is 2. The van der Waals surface area contributed by atoms with Gasteiger partial charge in [0.1, 0.15) is 0 Å². The van der Waals surface area contributed by atoms with Gasteiger partial charge >= 0.3 is 6.18 Å². The molecule has 0 spiro atoms. The third-order valence-corrected chi connectivity index (χ3v) is 2.44. The van der Waals surface area contributed by atoms with Crippen molar-refractivity contribution in [1.82, 2.24) is 4.90 Å². The van der Waals surface area contributed by atoms with Gasteiger partial charge in [0.2, 0.25) is 0 Å². The highest BCUT2D eigenvalue weighted by Gasteiger charge is 2.32. The first-order valence-electron chi connectivity index (χ1n) is 5.27. The molecule has 2 nitrogen and oxygen atoms in total. The molecule has 0 radical (unpaired) electrons. The van der Waals surface area contributed by atoms with Crippen LogP contribution in [-0.4, -0.2) is 32.2 Å². The molecule has 0 aliphatic heterocycles. The minimum atomic E-state index is -4.29. The zero-order valence-electron chi connectivity index (χ0n) is 9.92. The molecule has 1 aromatic rings. The smallest absolute Gasteiger partial charge is 0.383 e. The molecule has 0 fully saturated rings. The maximum atomic E-state index is 12.7. The summed E-state index contributed by atoms with van der Waals surface area (Å²) in [6.45, 7) is 1.37. The fourth-order valence-corrected chi connectivity index (χ4v) is 1.55. The monoisotopic (exact) mass is 247 g/mol. The first kappa shape index (κ1) is 14.0. The van der Waals surface area contributed by atoms with Crippen molar-refractivity contribution in [3.63, 3.8) is 0 Å². The van der Waals surface area contributed by atoms with Crippen LogP contribution in [0.2, 0.25) is 0 Å². The van der Waals surface area contributed by atoms with E-state index in [0.29, 0.717) is 18.7 Å². The van der Waals surface area contributed by atoms with Crippen LogP contribution in [0.25, 0.3) is 0 Å². The van der Waals surface area contributed by atoms with Crippen molar-refractivity contribution in [1.29, 1.82) is 0 Å². The molecule has 17 heavy (non-hydrogen) atoms. The Kier molecular flexibility index (Phi) is 4.96. The normalized spacial score (nSPS) is 12.1. The lowest BCUT2D eigenvalue weighted by Gasteiger charge is -2.19. The minimum Gasteiger partial charge on any atom is -0.383 e. The summed E-state index contributed by atoms with van der Waals surface area (Å²) in [4.78, 5) is 1.80. The molecule has 0 aromatic heterocycles. The molecular formula is C12H16F3NO. The number of benzene rings is 1. The molecule has 0 aliphatic carbocycles. The van der Waals surface area contributed by atoms with Crippen LogP contribution in [0.4, 0.5) is 13.2 Å². The summed E-state index contributed by atoms with van der Waals surface area (Å²) in [5.41, 5.74) is -0.275. The number of nitrogens with zero attached hydrogens (tertiary/aromatic N) is 1. The summed E-state index contributed by atoms with van der Waals surface area (Å²) >= 11 is 0. The molecule has 1 rings (SSSR count). The molecule has 0 bridgehead atoms. The number of halogens is 3. The van der Waals surface area contributed by atoms with Crippen molar-refractivity contribution in [3.05, 3.63) is 35.4 Å². The largest absolute Gasteiger partial charge is 0.416 e. The summed E-state index contributed by atoms with van der Waals surface area (Å²) < 4.78 is 43.0. The Bertz CT molecular complexity index is 352. The minimum absolute atomic E-state index is 0.263. The highest BCUT2D eigenvalue weighted by molar-refractivity contribution is 5.29. The van der Waals surface area contributed by atoms with Gasteiger partial charge < -0.3 is 4.74 Å². The van der Waals surface area contributed by atoms with Crippen LogP contribution in [0.15, 0.2) is 24.3 Å². The zero-order valence-corrected chi connectivity index (χ0v) is 9.92.